The number of nitrogens with one attached hydrogen (secondary N) is 2. The number of rotatable bonds is 10. The van der Waals surface area contributed by atoms with Crippen LogP contribution in [-0.4, -0.2) is 25.0 Å². The van der Waals surface area contributed by atoms with Crippen molar-refractivity contribution in [1.82, 2.24) is 10.9 Å². The normalized spacial score (nSPS) is 10.3. The third kappa shape index (κ3) is 7.14. The Bertz CT molecular complexity index is 820. The Labute approximate surface area is 172 Å². The summed E-state index contributed by atoms with van der Waals surface area (Å²) in [4.78, 5) is 24.5. The lowest BCUT2D eigenvalue weighted by Gasteiger charge is -2.13. The lowest BCUT2D eigenvalue weighted by Crippen LogP contribution is -2.44. The number of hydrogen-bond acceptors (Lipinski definition) is 4. The van der Waals surface area contributed by atoms with Crippen LogP contribution < -0.4 is 20.3 Å². The number of carbonyl (C=O) groups is 2. The van der Waals surface area contributed by atoms with Gasteiger partial charge in [-0.15, -0.1) is 0 Å². The number of unbranched alkanes of at least 4 members (excludes halogenated alkanes) is 3. The topological polar surface area (TPSA) is 76.7 Å². The molecule has 2 N–H and O–H groups in total. The molecule has 0 radical (unpaired) electrons. The largest absolute Gasteiger partial charge is 0.493 e. The quantitative estimate of drug-likeness (QED) is 0.467. The van der Waals surface area contributed by atoms with Crippen LogP contribution in [0.25, 0.3) is 0 Å². The second-order valence-corrected chi connectivity index (χ2v) is 6.89. The number of amides is 2. The first-order valence-electron chi connectivity index (χ1n) is 10.0. The Morgan fingerprint density at radius 2 is 1.62 bits per heavy atom. The van der Waals surface area contributed by atoms with Gasteiger partial charge in [-0.2, -0.15) is 0 Å². The average molecular weight is 399 g/mol. The number of carbonyl (C=O) groups excluding carboxylic acids is 2. The zero-order valence-corrected chi connectivity index (χ0v) is 17.4. The summed E-state index contributed by atoms with van der Waals surface area (Å²) in [6.07, 6.45) is 4.37. The van der Waals surface area contributed by atoms with E-state index in [-0.39, 0.29) is 6.61 Å². The summed E-state index contributed by atoms with van der Waals surface area (Å²) in [6.45, 7) is 6.43. The minimum absolute atomic E-state index is 0.194. The second kappa shape index (κ2) is 11.7. The minimum Gasteiger partial charge on any atom is -0.493 e. The molecular weight excluding hydrogens is 368 g/mol. The second-order valence-electron chi connectivity index (χ2n) is 6.89. The summed E-state index contributed by atoms with van der Waals surface area (Å²) < 4.78 is 11.3. The Morgan fingerprint density at radius 3 is 2.41 bits per heavy atom. The number of ether oxygens (including phenoxy) is 2. The molecule has 6 nitrogen and oxygen atoms in total. The van der Waals surface area contributed by atoms with Gasteiger partial charge in [0.1, 0.15) is 11.5 Å². The predicted octanol–water partition coefficient (Wildman–Crippen LogP) is 4.10. The first-order valence-corrected chi connectivity index (χ1v) is 10.0. The fourth-order valence-corrected chi connectivity index (χ4v) is 2.74. The molecule has 29 heavy (non-hydrogen) atoms. The Kier molecular flexibility index (Phi) is 9.02. The van der Waals surface area contributed by atoms with Crippen molar-refractivity contribution < 1.29 is 19.1 Å². The molecule has 0 aromatic heterocycles. The minimum atomic E-state index is -0.447. The van der Waals surface area contributed by atoms with Crippen molar-refractivity contribution >= 4 is 11.8 Å². The van der Waals surface area contributed by atoms with Crippen molar-refractivity contribution in [1.29, 1.82) is 0 Å². The molecule has 2 rings (SSSR count). The highest BCUT2D eigenvalue weighted by Gasteiger charge is 2.13. The molecule has 0 spiro atoms. The van der Waals surface area contributed by atoms with Gasteiger partial charge in [-0.1, -0.05) is 50.5 Å². The zero-order valence-electron chi connectivity index (χ0n) is 17.4. The summed E-state index contributed by atoms with van der Waals surface area (Å²) >= 11 is 0. The van der Waals surface area contributed by atoms with Gasteiger partial charge in [0, 0.05) is 0 Å². The molecule has 0 heterocycles. The molecule has 0 aliphatic rings. The standard InChI is InChI=1S/C23H30N2O4/c1-4-5-6-9-15-28-21-13-8-7-12-19(21)23(27)25-24-22(26)16-29-20-14-10-11-17(2)18(20)3/h7-8,10-14H,4-6,9,15-16H2,1-3H3,(H,24,26)(H,25,27). The molecule has 0 aliphatic heterocycles. The van der Waals surface area contributed by atoms with Crippen LogP contribution >= 0.6 is 0 Å². The van der Waals surface area contributed by atoms with Gasteiger partial charge < -0.3 is 9.47 Å². The summed E-state index contributed by atoms with van der Waals surface area (Å²) in [6, 6.07) is 12.6. The first kappa shape index (κ1) is 22.3. The van der Waals surface area contributed by atoms with Crippen LogP contribution in [0.15, 0.2) is 42.5 Å². The molecule has 0 atom stereocenters. The lowest BCUT2D eigenvalue weighted by atomic mass is 10.1. The summed E-state index contributed by atoms with van der Waals surface area (Å²) in [7, 11) is 0. The molecule has 0 fully saturated rings. The summed E-state index contributed by atoms with van der Waals surface area (Å²) in [5, 5.41) is 0. The molecule has 6 heteroatoms. The molecule has 2 aromatic rings. The molecular formula is C23H30N2O4. The SMILES string of the molecule is CCCCCCOc1ccccc1C(=O)NNC(=O)COc1cccc(C)c1C. The van der Waals surface area contributed by atoms with Crippen molar-refractivity contribution in [2.45, 2.75) is 46.5 Å². The maximum absolute atomic E-state index is 12.4. The maximum Gasteiger partial charge on any atom is 0.276 e. The molecule has 0 unspecified atom stereocenters. The monoisotopic (exact) mass is 398 g/mol. The van der Waals surface area contributed by atoms with Crippen LogP contribution in [0.2, 0.25) is 0 Å². The van der Waals surface area contributed by atoms with E-state index in [0.29, 0.717) is 23.7 Å². The van der Waals surface area contributed by atoms with Crippen molar-refractivity contribution in [3.8, 4) is 11.5 Å². The van der Waals surface area contributed by atoms with E-state index < -0.39 is 11.8 Å². The molecule has 2 amide bonds. The third-order valence-corrected chi connectivity index (χ3v) is 4.62. The van der Waals surface area contributed by atoms with Crippen molar-refractivity contribution in [3.63, 3.8) is 0 Å². The average Bonchev–Trinajstić information content (AvgIpc) is 2.73. The number of hydrazine groups is 1. The number of benzene rings is 2. The van der Waals surface area contributed by atoms with Gasteiger partial charge in [0.2, 0.25) is 0 Å². The Morgan fingerprint density at radius 1 is 0.862 bits per heavy atom. The van der Waals surface area contributed by atoms with E-state index in [2.05, 4.69) is 17.8 Å². The molecule has 0 saturated carbocycles. The highest BCUT2D eigenvalue weighted by Crippen LogP contribution is 2.20. The summed E-state index contributed by atoms with van der Waals surface area (Å²) in [5.41, 5.74) is 7.23. The fraction of sp³-hybridized carbons (Fsp3) is 0.391. The van der Waals surface area contributed by atoms with Gasteiger partial charge in [0.15, 0.2) is 6.61 Å². The first-order chi connectivity index (χ1) is 14.0. The predicted molar refractivity (Wildman–Crippen MR) is 113 cm³/mol. The van der Waals surface area contributed by atoms with E-state index in [9.17, 15) is 9.59 Å². The number of hydrogen-bond donors (Lipinski definition) is 2. The molecule has 0 saturated heterocycles. The van der Waals surface area contributed by atoms with E-state index in [1.807, 2.05) is 38.1 Å². The Balaban J connectivity index is 1.82. The zero-order chi connectivity index (χ0) is 21.1. The van der Waals surface area contributed by atoms with Crippen LogP contribution in [0.5, 0.6) is 11.5 Å². The van der Waals surface area contributed by atoms with Crippen LogP contribution in [0.4, 0.5) is 0 Å². The van der Waals surface area contributed by atoms with Gasteiger partial charge in [-0.3, -0.25) is 20.4 Å². The van der Waals surface area contributed by atoms with Gasteiger partial charge in [-0.05, 0) is 49.6 Å². The van der Waals surface area contributed by atoms with E-state index in [0.717, 1.165) is 30.4 Å². The van der Waals surface area contributed by atoms with Crippen molar-refractivity contribution in [2.75, 3.05) is 13.2 Å². The number of para-hydroxylation sites is 1. The smallest absolute Gasteiger partial charge is 0.276 e. The highest BCUT2D eigenvalue weighted by atomic mass is 16.5. The van der Waals surface area contributed by atoms with Crippen LogP contribution in [0, 0.1) is 13.8 Å². The maximum atomic E-state index is 12.4. The van der Waals surface area contributed by atoms with E-state index in [1.54, 1.807) is 18.2 Å². The van der Waals surface area contributed by atoms with E-state index in [1.165, 1.54) is 6.42 Å². The van der Waals surface area contributed by atoms with Gasteiger partial charge in [0.25, 0.3) is 11.8 Å². The molecule has 0 bridgehead atoms. The number of aryl methyl sites for hydroxylation is 1. The van der Waals surface area contributed by atoms with Gasteiger partial charge in [0.05, 0.1) is 12.2 Å². The molecule has 156 valence electrons. The van der Waals surface area contributed by atoms with Crippen LogP contribution in [0.1, 0.15) is 54.1 Å². The summed E-state index contributed by atoms with van der Waals surface area (Å²) in [5.74, 6) is 0.266. The lowest BCUT2D eigenvalue weighted by molar-refractivity contribution is -0.123. The van der Waals surface area contributed by atoms with Crippen molar-refractivity contribution in [3.05, 3.63) is 59.2 Å². The van der Waals surface area contributed by atoms with Crippen LogP contribution in [-0.2, 0) is 4.79 Å². The van der Waals surface area contributed by atoms with E-state index >= 15 is 0 Å². The van der Waals surface area contributed by atoms with Gasteiger partial charge >= 0.3 is 0 Å². The Hall–Kier alpha value is -3.02. The van der Waals surface area contributed by atoms with Crippen molar-refractivity contribution in [2.24, 2.45) is 0 Å². The fourth-order valence-electron chi connectivity index (χ4n) is 2.74. The third-order valence-electron chi connectivity index (χ3n) is 4.62. The molecule has 0 aliphatic carbocycles. The molecule has 2 aromatic carbocycles. The van der Waals surface area contributed by atoms with E-state index in [4.69, 9.17) is 9.47 Å². The van der Waals surface area contributed by atoms with Crippen LogP contribution in [0.3, 0.4) is 0 Å². The highest BCUT2D eigenvalue weighted by molar-refractivity contribution is 5.97. The van der Waals surface area contributed by atoms with Gasteiger partial charge in [-0.25, -0.2) is 0 Å².